The van der Waals surface area contributed by atoms with E-state index >= 15 is 0 Å². The number of hydrogen-bond acceptors (Lipinski definition) is 2. The van der Waals surface area contributed by atoms with E-state index in [9.17, 15) is 4.39 Å². The van der Waals surface area contributed by atoms with Gasteiger partial charge in [-0.3, -0.25) is 0 Å². The maximum Gasteiger partial charge on any atom is 0.123 e. The highest BCUT2D eigenvalue weighted by atomic mass is 32.1. The highest BCUT2D eigenvalue weighted by molar-refractivity contribution is 7.80. The fraction of sp³-hybridized carbons (Fsp3) is 0.462. The van der Waals surface area contributed by atoms with Crippen LogP contribution in [0.1, 0.15) is 30.4 Å². The lowest BCUT2D eigenvalue weighted by Gasteiger charge is -2.09. The molecule has 0 aromatic heterocycles. The zero-order valence-corrected chi connectivity index (χ0v) is 10.4. The Morgan fingerprint density at radius 3 is 2.88 bits per heavy atom. The Balaban J connectivity index is 1.91. The van der Waals surface area contributed by atoms with Gasteiger partial charge >= 0.3 is 0 Å². The molecule has 1 fully saturated rings. The molecule has 1 aliphatic carbocycles. The average Bonchev–Trinajstić information content (AvgIpc) is 3.09. The second-order valence-electron chi connectivity index (χ2n) is 4.45. The summed E-state index contributed by atoms with van der Waals surface area (Å²) in [4.78, 5) is 0.213. The quantitative estimate of drug-likeness (QED) is 0.625. The third-order valence-electron chi connectivity index (χ3n) is 2.96. The van der Waals surface area contributed by atoms with Crippen LogP contribution in [0, 0.1) is 11.7 Å². The van der Waals surface area contributed by atoms with Crippen molar-refractivity contribution in [2.24, 2.45) is 11.7 Å². The smallest absolute Gasteiger partial charge is 0.123 e. The van der Waals surface area contributed by atoms with E-state index in [4.69, 9.17) is 22.7 Å². The van der Waals surface area contributed by atoms with Gasteiger partial charge in [-0.1, -0.05) is 31.1 Å². The number of hydrogen-bond donors (Lipinski definition) is 1. The van der Waals surface area contributed by atoms with E-state index < -0.39 is 0 Å². The Bertz CT molecular complexity index is 418. The first kappa shape index (κ1) is 12.5. The van der Waals surface area contributed by atoms with E-state index in [1.807, 2.05) is 0 Å². The average molecular weight is 253 g/mol. The number of thiocarbonyl (C=S) groups is 1. The van der Waals surface area contributed by atoms with Crippen LogP contribution in [0.3, 0.4) is 0 Å². The Morgan fingerprint density at radius 2 is 2.24 bits per heavy atom. The number of ether oxygens (including phenoxy) is 1. The molecule has 1 aliphatic rings. The van der Waals surface area contributed by atoms with Gasteiger partial charge in [0.1, 0.15) is 10.8 Å². The fourth-order valence-electron chi connectivity index (χ4n) is 1.74. The van der Waals surface area contributed by atoms with Gasteiger partial charge in [0.05, 0.1) is 6.61 Å². The fourth-order valence-corrected chi connectivity index (χ4v) is 1.93. The Hall–Kier alpha value is -1.00. The summed E-state index contributed by atoms with van der Waals surface area (Å²) in [5.41, 5.74) is 6.99. The van der Waals surface area contributed by atoms with Crippen LogP contribution in [-0.2, 0) is 11.3 Å². The molecule has 1 saturated carbocycles. The van der Waals surface area contributed by atoms with Crippen LogP contribution < -0.4 is 5.73 Å². The normalized spacial score (nSPS) is 14.9. The van der Waals surface area contributed by atoms with Crippen molar-refractivity contribution in [1.82, 2.24) is 0 Å². The van der Waals surface area contributed by atoms with Crippen LogP contribution in [0.25, 0.3) is 0 Å². The van der Waals surface area contributed by atoms with E-state index in [0.29, 0.717) is 12.2 Å². The molecule has 4 heteroatoms. The van der Waals surface area contributed by atoms with Crippen molar-refractivity contribution >= 4 is 17.2 Å². The second kappa shape index (κ2) is 5.56. The maximum absolute atomic E-state index is 13.1. The molecule has 0 unspecified atom stereocenters. The molecule has 0 spiro atoms. The molecular weight excluding hydrogens is 237 g/mol. The Kier molecular flexibility index (Phi) is 4.07. The SMILES string of the molecule is NC(=S)c1cc(F)ccc1COCCC1CC1. The topological polar surface area (TPSA) is 35.2 Å². The first-order chi connectivity index (χ1) is 8.16. The van der Waals surface area contributed by atoms with Crippen LogP contribution >= 0.6 is 12.2 Å². The highest BCUT2D eigenvalue weighted by Gasteiger charge is 2.20. The summed E-state index contributed by atoms with van der Waals surface area (Å²) >= 11 is 4.90. The standard InChI is InChI=1S/C13H16FNOS/c14-11-4-3-10(12(7-11)13(15)17)8-16-6-5-9-1-2-9/h3-4,7,9H,1-2,5-6,8H2,(H2,15,17). The van der Waals surface area contributed by atoms with E-state index in [-0.39, 0.29) is 10.8 Å². The minimum absolute atomic E-state index is 0.213. The van der Waals surface area contributed by atoms with Crippen LogP contribution in [0.4, 0.5) is 4.39 Å². The lowest BCUT2D eigenvalue weighted by Crippen LogP contribution is -2.13. The van der Waals surface area contributed by atoms with E-state index in [0.717, 1.165) is 24.5 Å². The zero-order chi connectivity index (χ0) is 12.3. The largest absolute Gasteiger partial charge is 0.389 e. The Morgan fingerprint density at radius 1 is 1.47 bits per heavy atom. The van der Waals surface area contributed by atoms with Gasteiger partial charge in [-0.25, -0.2) is 4.39 Å². The van der Waals surface area contributed by atoms with Crippen LogP contribution in [0.15, 0.2) is 18.2 Å². The lowest BCUT2D eigenvalue weighted by atomic mass is 10.1. The molecule has 0 radical (unpaired) electrons. The van der Waals surface area contributed by atoms with Gasteiger partial charge in [0, 0.05) is 12.2 Å². The predicted octanol–water partition coefficient (Wildman–Crippen LogP) is 2.78. The van der Waals surface area contributed by atoms with Crippen molar-refractivity contribution in [1.29, 1.82) is 0 Å². The molecule has 92 valence electrons. The highest BCUT2D eigenvalue weighted by Crippen LogP contribution is 2.32. The van der Waals surface area contributed by atoms with Crippen molar-refractivity contribution in [3.8, 4) is 0 Å². The lowest BCUT2D eigenvalue weighted by molar-refractivity contribution is 0.115. The molecule has 0 bridgehead atoms. The molecule has 0 saturated heterocycles. The van der Waals surface area contributed by atoms with Crippen LogP contribution in [0.2, 0.25) is 0 Å². The van der Waals surface area contributed by atoms with Gasteiger partial charge in [-0.15, -0.1) is 0 Å². The first-order valence-corrected chi connectivity index (χ1v) is 6.23. The van der Waals surface area contributed by atoms with Crippen molar-refractivity contribution in [3.63, 3.8) is 0 Å². The van der Waals surface area contributed by atoms with Gasteiger partial charge in [-0.2, -0.15) is 0 Å². The van der Waals surface area contributed by atoms with Crippen molar-refractivity contribution in [2.45, 2.75) is 25.9 Å². The molecule has 17 heavy (non-hydrogen) atoms. The molecule has 0 aliphatic heterocycles. The molecular formula is C13H16FNOS. The monoisotopic (exact) mass is 253 g/mol. The molecule has 2 rings (SSSR count). The van der Waals surface area contributed by atoms with Crippen molar-refractivity contribution in [3.05, 3.63) is 35.1 Å². The Labute approximate surface area is 106 Å². The van der Waals surface area contributed by atoms with Gasteiger partial charge in [0.25, 0.3) is 0 Å². The summed E-state index contributed by atoms with van der Waals surface area (Å²) < 4.78 is 18.6. The number of halogens is 1. The summed E-state index contributed by atoms with van der Waals surface area (Å²) in [6, 6.07) is 4.45. The summed E-state index contributed by atoms with van der Waals surface area (Å²) in [5.74, 6) is 0.535. The summed E-state index contributed by atoms with van der Waals surface area (Å²) in [7, 11) is 0. The minimum Gasteiger partial charge on any atom is -0.389 e. The van der Waals surface area contributed by atoms with E-state index in [2.05, 4.69) is 0 Å². The predicted molar refractivity (Wildman–Crippen MR) is 69.3 cm³/mol. The van der Waals surface area contributed by atoms with Gasteiger partial charge in [0.15, 0.2) is 0 Å². The van der Waals surface area contributed by atoms with Gasteiger partial charge in [-0.05, 0) is 30.0 Å². The molecule has 2 N–H and O–H groups in total. The third kappa shape index (κ3) is 3.75. The van der Waals surface area contributed by atoms with E-state index in [1.165, 1.54) is 25.0 Å². The molecule has 1 aromatic rings. The van der Waals surface area contributed by atoms with Crippen molar-refractivity contribution < 1.29 is 9.13 Å². The molecule has 0 atom stereocenters. The molecule has 0 heterocycles. The minimum atomic E-state index is -0.325. The summed E-state index contributed by atoms with van der Waals surface area (Å²) in [6.45, 7) is 1.19. The number of benzene rings is 1. The zero-order valence-electron chi connectivity index (χ0n) is 9.62. The summed E-state index contributed by atoms with van der Waals surface area (Å²) in [6.07, 6.45) is 3.78. The van der Waals surface area contributed by atoms with Gasteiger partial charge < -0.3 is 10.5 Å². The number of nitrogens with two attached hydrogens (primary N) is 1. The number of rotatable bonds is 6. The van der Waals surface area contributed by atoms with Crippen LogP contribution in [0.5, 0.6) is 0 Å². The molecule has 2 nitrogen and oxygen atoms in total. The molecule has 0 amide bonds. The van der Waals surface area contributed by atoms with Crippen molar-refractivity contribution in [2.75, 3.05) is 6.61 Å². The third-order valence-corrected chi connectivity index (χ3v) is 3.18. The van der Waals surface area contributed by atoms with Gasteiger partial charge in [0.2, 0.25) is 0 Å². The first-order valence-electron chi connectivity index (χ1n) is 5.83. The molecule has 1 aromatic carbocycles. The van der Waals surface area contributed by atoms with E-state index in [1.54, 1.807) is 6.07 Å². The maximum atomic E-state index is 13.1. The van der Waals surface area contributed by atoms with Crippen LogP contribution in [-0.4, -0.2) is 11.6 Å². The summed E-state index contributed by atoms with van der Waals surface area (Å²) in [5, 5.41) is 0. The second-order valence-corrected chi connectivity index (χ2v) is 4.89.